The van der Waals surface area contributed by atoms with E-state index in [-0.39, 0.29) is 139 Å². The van der Waals surface area contributed by atoms with E-state index in [2.05, 4.69) is 10.6 Å². The molecule has 43 heavy (non-hydrogen) atoms. The van der Waals surface area contributed by atoms with Crippen molar-refractivity contribution in [3.63, 3.8) is 0 Å². The van der Waals surface area contributed by atoms with Gasteiger partial charge in [0.1, 0.15) is 0 Å². The van der Waals surface area contributed by atoms with E-state index in [1.807, 2.05) is 0 Å². The van der Waals surface area contributed by atoms with E-state index in [0.717, 1.165) is 48.5 Å². The van der Waals surface area contributed by atoms with Crippen molar-refractivity contribution in [2.24, 2.45) is 0 Å². The van der Waals surface area contributed by atoms with Gasteiger partial charge in [0.05, 0.1) is 22.6 Å². The number of aliphatic carboxylic acids is 2. The van der Waals surface area contributed by atoms with Gasteiger partial charge in [0, 0.05) is 130 Å². The molecule has 0 heterocycles. The maximum Gasteiger partial charge on any atom is 0.324 e. The van der Waals surface area contributed by atoms with Gasteiger partial charge in [0.15, 0.2) is 10.5 Å². The van der Waals surface area contributed by atoms with E-state index < -0.39 is 77.2 Å². The molecule has 0 fully saturated rings. The van der Waals surface area contributed by atoms with Gasteiger partial charge in [-0.3, -0.25) is 28.3 Å². The molecule has 2 unspecified atom stereocenters. The minimum absolute atomic E-state index is 0. The minimum atomic E-state index is -5.05. The second-order valence-corrected chi connectivity index (χ2v) is 12.9. The Balaban J connectivity index is -0.00000400. The summed E-state index contributed by atoms with van der Waals surface area (Å²) in [6.07, 6.45) is -2.21. The number of anilines is 2. The number of carbonyl (C=O) groups excluding carboxylic acids is 2. The van der Waals surface area contributed by atoms with Crippen LogP contribution in [0.25, 0.3) is 0 Å². The molecule has 0 spiro atoms. The summed E-state index contributed by atoms with van der Waals surface area (Å²) in [4.78, 5) is 45.3. The van der Waals surface area contributed by atoms with Crippen LogP contribution in [-0.2, 0) is 49.3 Å². The van der Waals surface area contributed by atoms with E-state index in [9.17, 15) is 44.4 Å². The van der Waals surface area contributed by atoms with Gasteiger partial charge in [-0.1, -0.05) is 0 Å². The number of hydrogen-bond acceptors (Lipinski definition) is 10. The molecule has 2 rings (SSSR count). The summed E-state index contributed by atoms with van der Waals surface area (Å²) in [5, 5.41) is 17.2. The van der Waals surface area contributed by atoms with Crippen molar-refractivity contribution in [3.05, 3.63) is 48.5 Å². The van der Waals surface area contributed by atoms with Gasteiger partial charge in [-0.15, -0.1) is 0 Å². The van der Waals surface area contributed by atoms with Crippen LogP contribution < -0.4 is 10.6 Å². The number of nitrogens with one attached hydrogen (secondary N) is 2. The van der Waals surface area contributed by atoms with Crippen LogP contribution >= 0.6 is 0 Å². The predicted octanol–water partition coefficient (Wildman–Crippen LogP) is -1.66. The van der Waals surface area contributed by atoms with Crippen LogP contribution in [0.5, 0.6) is 0 Å². The van der Waals surface area contributed by atoms with Gasteiger partial charge >= 0.3 is 11.9 Å². The molecular formula is C20H20N2Na4O14S3. The Morgan fingerprint density at radius 1 is 0.558 bits per heavy atom. The fourth-order valence-electron chi connectivity index (χ4n) is 2.97. The second-order valence-electron chi connectivity index (χ2n) is 7.74. The van der Waals surface area contributed by atoms with Crippen molar-refractivity contribution in [3.8, 4) is 0 Å². The largest absolute Gasteiger partial charge is 0.480 e. The second kappa shape index (κ2) is 19.7. The summed E-state index contributed by atoms with van der Waals surface area (Å²) in [7, 11) is -14.2. The molecule has 2 amide bonds. The van der Waals surface area contributed by atoms with Crippen LogP contribution in [0.2, 0.25) is 0 Å². The molecule has 6 N–H and O–H groups in total. The van der Waals surface area contributed by atoms with Crippen LogP contribution in [-0.4, -0.2) is 197 Å². The first-order valence-corrected chi connectivity index (χ1v) is 14.7. The maximum atomic E-state index is 12.9. The molecule has 0 aliphatic rings. The first kappa shape index (κ1) is 47.5. The number of rotatable bonds is 12. The third-order valence-electron chi connectivity index (χ3n) is 4.91. The van der Waals surface area contributed by atoms with Crippen molar-refractivity contribution in [2.75, 3.05) is 10.6 Å². The third-order valence-corrected chi connectivity index (χ3v) is 8.87. The van der Waals surface area contributed by atoms with Crippen LogP contribution in [0, 0.1) is 0 Å². The standard InChI is InChI=1S/C20H20N2O14S3.4Na/c23-17(9-15(19(25)26)38(31,32)33)21-11-1-5-13(6-2-11)37(29,30)14-7-3-12(4-8-14)22-18(24)10-16(20(27)28)39(34,35)36;;;;/h1-8,15-16H,9-10H2,(H,21,23)(H,22,24)(H,25,26)(H,27,28)(H,31,32,33)(H,34,35,36);;;;. The zero-order chi connectivity index (χ0) is 29.8. The van der Waals surface area contributed by atoms with Gasteiger partial charge in [0.25, 0.3) is 20.2 Å². The minimum Gasteiger partial charge on any atom is -0.480 e. The van der Waals surface area contributed by atoms with Crippen molar-refractivity contribution in [2.45, 2.75) is 33.1 Å². The molecule has 0 aliphatic carbocycles. The van der Waals surface area contributed by atoms with Gasteiger partial charge in [-0.2, -0.15) is 16.8 Å². The third kappa shape index (κ3) is 14.6. The van der Waals surface area contributed by atoms with Crippen LogP contribution in [0.15, 0.2) is 58.3 Å². The molecule has 0 aromatic heterocycles. The number of amides is 2. The molecule has 0 bridgehead atoms. The molecule has 2 aromatic carbocycles. The van der Waals surface area contributed by atoms with Gasteiger partial charge in [0.2, 0.25) is 21.7 Å². The number of carboxylic acid groups (broad SMARTS) is 2. The number of carbonyl (C=O) groups is 4. The molecule has 4 radical (unpaired) electrons. The fourth-order valence-corrected chi connectivity index (χ4v) is 5.47. The van der Waals surface area contributed by atoms with Crippen LogP contribution in [0.1, 0.15) is 12.8 Å². The molecule has 216 valence electrons. The molecule has 2 atom stereocenters. The maximum absolute atomic E-state index is 12.9. The number of hydrogen-bond donors (Lipinski definition) is 6. The summed E-state index contributed by atoms with van der Waals surface area (Å²) in [6, 6.07) is 8.87. The van der Waals surface area contributed by atoms with E-state index in [0.29, 0.717) is 0 Å². The smallest absolute Gasteiger partial charge is 0.324 e. The Bertz CT molecular complexity index is 1500. The van der Waals surface area contributed by atoms with E-state index in [4.69, 9.17) is 19.3 Å². The molecule has 0 aliphatic heterocycles. The monoisotopic (exact) mass is 700 g/mol. The average molecular weight is 701 g/mol. The van der Waals surface area contributed by atoms with E-state index in [1.165, 1.54) is 0 Å². The summed E-state index contributed by atoms with van der Waals surface area (Å²) in [5.74, 6) is -6.05. The van der Waals surface area contributed by atoms with Crippen molar-refractivity contribution in [1.29, 1.82) is 0 Å². The molecule has 16 nitrogen and oxygen atoms in total. The van der Waals surface area contributed by atoms with E-state index >= 15 is 0 Å². The predicted molar refractivity (Wildman–Crippen MR) is 154 cm³/mol. The first-order valence-electron chi connectivity index (χ1n) is 10.3. The molecule has 2 aromatic rings. The van der Waals surface area contributed by atoms with Crippen LogP contribution in [0.3, 0.4) is 0 Å². The van der Waals surface area contributed by atoms with E-state index in [1.54, 1.807) is 0 Å². The summed E-state index contributed by atoms with van der Waals surface area (Å²) in [6.45, 7) is 0. The van der Waals surface area contributed by atoms with Crippen LogP contribution in [0.4, 0.5) is 11.4 Å². The topological polar surface area (TPSA) is 276 Å². The Morgan fingerprint density at radius 3 is 1.02 bits per heavy atom. The number of sulfone groups is 1. The zero-order valence-corrected chi connectivity index (χ0v) is 33.7. The molecular weight excluding hydrogens is 680 g/mol. The first-order chi connectivity index (χ1) is 17.8. The summed E-state index contributed by atoms with van der Waals surface area (Å²) < 4.78 is 87.9. The molecule has 0 saturated heterocycles. The van der Waals surface area contributed by atoms with Gasteiger partial charge in [-0.25, -0.2) is 8.42 Å². The Kier molecular flexibility index (Phi) is 21.7. The Hall–Kier alpha value is 0.0900. The molecule has 23 heteroatoms. The average Bonchev–Trinajstić information content (AvgIpc) is 2.80. The number of benzene rings is 2. The quantitative estimate of drug-likeness (QED) is 0.107. The van der Waals surface area contributed by atoms with Crippen molar-refractivity contribution < 1.29 is 63.8 Å². The summed E-state index contributed by atoms with van der Waals surface area (Å²) in [5.41, 5.74) is -0.0258. The van der Waals surface area contributed by atoms with Gasteiger partial charge < -0.3 is 20.8 Å². The summed E-state index contributed by atoms with van der Waals surface area (Å²) >= 11 is 0. The van der Waals surface area contributed by atoms with Gasteiger partial charge in [-0.05, 0) is 48.5 Å². The molecule has 0 saturated carbocycles. The van der Waals surface area contributed by atoms with Crippen molar-refractivity contribution in [1.82, 2.24) is 0 Å². The fraction of sp³-hybridized carbons (Fsp3) is 0.200. The Labute approximate surface area is 334 Å². The Morgan fingerprint density at radius 2 is 0.814 bits per heavy atom. The number of carboxylic acids is 2. The normalized spacial score (nSPS) is 12.3. The zero-order valence-electron chi connectivity index (χ0n) is 23.3. The van der Waals surface area contributed by atoms with Crippen molar-refractivity contribution >= 4 is 183 Å². The SMILES string of the molecule is O=C(CC(C(=O)O)S(=O)(=O)O)Nc1ccc(S(=O)(=O)c2ccc(NC(=O)CC(C(=O)O)S(=O)(=O)O)cc2)cc1.[Na].[Na].[Na].[Na].